The molecular formula is C32H42O6. The summed E-state index contributed by atoms with van der Waals surface area (Å²) in [6, 6.07) is 13.9. The lowest BCUT2D eigenvalue weighted by atomic mass is 9.85. The summed E-state index contributed by atoms with van der Waals surface area (Å²) in [6.07, 6.45) is 5.85. The number of rotatable bonds is 14. The van der Waals surface area contributed by atoms with Crippen molar-refractivity contribution < 1.29 is 28.5 Å². The third kappa shape index (κ3) is 7.86. The number of unbranched alkanes of at least 4 members (excludes halogenated alkanes) is 4. The maximum atomic E-state index is 12.4. The lowest BCUT2D eigenvalue weighted by Crippen LogP contribution is -2.17. The molecule has 206 valence electrons. The van der Waals surface area contributed by atoms with Crippen LogP contribution in [-0.2, 0) is 24.5 Å². The van der Waals surface area contributed by atoms with E-state index in [2.05, 4.69) is 46.8 Å². The van der Waals surface area contributed by atoms with Gasteiger partial charge < -0.3 is 18.9 Å². The van der Waals surface area contributed by atoms with Gasteiger partial charge in [-0.05, 0) is 29.9 Å². The topological polar surface area (TPSA) is 71.1 Å². The van der Waals surface area contributed by atoms with Gasteiger partial charge in [-0.15, -0.1) is 0 Å². The molecule has 0 aliphatic heterocycles. The number of fused-ring (bicyclic) bond motifs is 2. The third-order valence-electron chi connectivity index (χ3n) is 6.48. The molecule has 0 aromatic heterocycles. The molecule has 0 saturated carbocycles. The second kappa shape index (κ2) is 14.0. The van der Waals surface area contributed by atoms with E-state index < -0.39 is 11.9 Å². The van der Waals surface area contributed by atoms with Crippen LogP contribution in [0.15, 0.2) is 42.5 Å². The van der Waals surface area contributed by atoms with E-state index in [1.165, 1.54) is 0 Å². The van der Waals surface area contributed by atoms with Crippen LogP contribution in [0.2, 0.25) is 0 Å². The largest absolute Gasteiger partial charge is 0.481 e. The molecule has 0 aliphatic carbocycles. The van der Waals surface area contributed by atoms with Gasteiger partial charge in [-0.3, -0.25) is 0 Å². The van der Waals surface area contributed by atoms with Gasteiger partial charge in [0, 0.05) is 21.5 Å². The van der Waals surface area contributed by atoms with Crippen LogP contribution in [0.3, 0.4) is 0 Å². The zero-order valence-corrected chi connectivity index (χ0v) is 23.6. The molecule has 0 saturated heterocycles. The van der Waals surface area contributed by atoms with Crippen molar-refractivity contribution in [3.05, 3.63) is 48.0 Å². The van der Waals surface area contributed by atoms with Crippen molar-refractivity contribution in [2.75, 3.05) is 26.4 Å². The van der Waals surface area contributed by atoms with Gasteiger partial charge in [-0.25, -0.2) is 9.59 Å². The van der Waals surface area contributed by atoms with Crippen molar-refractivity contribution in [1.82, 2.24) is 0 Å². The van der Waals surface area contributed by atoms with E-state index in [9.17, 15) is 9.59 Å². The summed E-state index contributed by atoms with van der Waals surface area (Å²) in [5.74, 6) is 0.407. The maximum Gasteiger partial charge on any atom is 0.344 e. The fourth-order valence-corrected chi connectivity index (χ4v) is 4.30. The van der Waals surface area contributed by atoms with Gasteiger partial charge in [0.25, 0.3) is 0 Å². The zero-order valence-electron chi connectivity index (χ0n) is 23.6. The molecule has 0 bridgehead atoms. The second-order valence-corrected chi connectivity index (χ2v) is 10.6. The van der Waals surface area contributed by atoms with Gasteiger partial charge in [0.05, 0.1) is 13.2 Å². The molecule has 0 unspecified atom stereocenters. The van der Waals surface area contributed by atoms with Gasteiger partial charge in [-0.1, -0.05) is 96.7 Å². The molecule has 0 N–H and O–H groups in total. The van der Waals surface area contributed by atoms with E-state index >= 15 is 0 Å². The first-order chi connectivity index (χ1) is 18.3. The number of carbonyl (C=O) groups excluding carboxylic acids is 2. The van der Waals surface area contributed by atoms with Crippen LogP contribution >= 0.6 is 0 Å². The van der Waals surface area contributed by atoms with E-state index in [1.54, 1.807) is 0 Å². The lowest BCUT2D eigenvalue weighted by Gasteiger charge is -2.22. The molecule has 0 amide bonds. The molecule has 38 heavy (non-hydrogen) atoms. The molecular weight excluding hydrogens is 480 g/mol. The Kier molecular flexibility index (Phi) is 10.8. The average molecular weight is 523 g/mol. The Hall–Kier alpha value is -3.28. The first-order valence-electron chi connectivity index (χ1n) is 13.8. The highest BCUT2D eigenvalue weighted by Crippen LogP contribution is 2.44. The molecule has 3 aromatic rings. The van der Waals surface area contributed by atoms with E-state index in [4.69, 9.17) is 18.9 Å². The van der Waals surface area contributed by atoms with Crippen molar-refractivity contribution in [2.45, 2.75) is 78.6 Å². The number of hydrogen-bond donors (Lipinski definition) is 0. The highest BCUT2D eigenvalue weighted by atomic mass is 16.6. The first kappa shape index (κ1) is 29.3. The molecule has 0 spiro atoms. The van der Waals surface area contributed by atoms with Crippen molar-refractivity contribution >= 4 is 33.5 Å². The van der Waals surface area contributed by atoms with Crippen LogP contribution in [0.5, 0.6) is 11.5 Å². The Labute approximate surface area is 226 Å². The Balaban J connectivity index is 1.96. The molecule has 0 fully saturated rings. The molecule has 6 nitrogen and oxygen atoms in total. The lowest BCUT2D eigenvalue weighted by molar-refractivity contribution is -0.147. The average Bonchev–Trinajstić information content (AvgIpc) is 2.90. The standard InChI is InChI=1S/C32H42O6/c1-6-8-12-18-35-28(33)21-37-30-24-14-10-11-15-25(24)31(38-22-29(34)36-19-13-9-7-2)27-20-23(32(3,4)5)16-17-26(27)30/h10-11,14-17,20H,6-9,12-13,18-19,21-22H2,1-5H3. The maximum absolute atomic E-state index is 12.4. The van der Waals surface area contributed by atoms with Crippen molar-refractivity contribution in [3.63, 3.8) is 0 Å². The molecule has 0 heterocycles. The minimum absolute atomic E-state index is 0.0986. The zero-order chi connectivity index (χ0) is 27.5. The predicted molar refractivity (Wildman–Crippen MR) is 152 cm³/mol. The Bertz CT molecular complexity index is 1220. The normalized spacial score (nSPS) is 11.5. The molecule has 0 aliphatic rings. The minimum Gasteiger partial charge on any atom is -0.481 e. The smallest absolute Gasteiger partial charge is 0.344 e. The second-order valence-electron chi connectivity index (χ2n) is 10.6. The number of carbonyl (C=O) groups is 2. The van der Waals surface area contributed by atoms with Gasteiger partial charge in [0.2, 0.25) is 0 Å². The summed E-state index contributed by atoms with van der Waals surface area (Å²) < 4.78 is 23.0. The summed E-state index contributed by atoms with van der Waals surface area (Å²) >= 11 is 0. The van der Waals surface area contributed by atoms with E-state index in [0.29, 0.717) is 24.7 Å². The van der Waals surface area contributed by atoms with Crippen LogP contribution in [0.1, 0.15) is 78.7 Å². The van der Waals surface area contributed by atoms with Crippen molar-refractivity contribution in [2.24, 2.45) is 0 Å². The summed E-state index contributed by atoms with van der Waals surface area (Å²) in [4.78, 5) is 24.8. The van der Waals surface area contributed by atoms with E-state index in [1.807, 2.05) is 30.3 Å². The highest BCUT2D eigenvalue weighted by Gasteiger charge is 2.21. The Morgan fingerprint density at radius 2 is 1.13 bits per heavy atom. The number of benzene rings is 3. The van der Waals surface area contributed by atoms with Gasteiger partial charge in [0.1, 0.15) is 11.5 Å². The summed E-state index contributed by atoms with van der Waals surface area (Å²) in [7, 11) is 0. The first-order valence-corrected chi connectivity index (χ1v) is 13.8. The monoisotopic (exact) mass is 522 g/mol. The number of ether oxygens (including phenoxy) is 4. The van der Waals surface area contributed by atoms with Crippen molar-refractivity contribution in [3.8, 4) is 11.5 Å². The minimum atomic E-state index is -0.393. The quantitative estimate of drug-likeness (QED) is 0.124. The Morgan fingerprint density at radius 1 is 0.658 bits per heavy atom. The van der Waals surface area contributed by atoms with E-state index in [0.717, 1.165) is 65.6 Å². The van der Waals surface area contributed by atoms with Gasteiger partial charge in [-0.2, -0.15) is 0 Å². The number of esters is 2. The summed E-state index contributed by atoms with van der Waals surface area (Å²) in [5.41, 5.74) is 1.02. The molecule has 0 atom stereocenters. The highest BCUT2D eigenvalue weighted by molar-refractivity contribution is 6.11. The molecule has 6 heteroatoms. The fourth-order valence-electron chi connectivity index (χ4n) is 4.30. The number of hydrogen-bond acceptors (Lipinski definition) is 6. The SMILES string of the molecule is CCCCCOC(=O)COc1c2ccccc2c(OCC(=O)OCCCCC)c2cc(C(C)(C)C)ccc12. The van der Waals surface area contributed by atoms with Gasteiger partial charge >= 0.3 is 11.9 Å². The molecule has 3 aromatic carbocycles. The molecule has 3 rings (SSSR count). The van der Waals surface area contributed by atoms with E-state index in [-0.39, 0.29) is 18.6 Å². The predicted octanol–water partition coefficient (Wildman–Crippen LogP) is 7.51. The van der Waals surface area contributed by atoms with Crippen LogP contribution in [0.25, 0.3) is 21.5 Å². The summed E-state index contributed by atoms with van der Waals surface area (Å²) in [6.45, 7) is 11.1. The summed E-state index contributed by atoms with van der Waals surface area (Å²) in [5, 5.41) is 3.23. The third-order valence-corrected chi connectivity index (χ3v) is 6.48. The van der Waals surface area contributed by atoms with Crippen LogP contribution in [-0.4, -0.2) is 38.4 Å². The van der Waals surface area contributed by atoms with Crippen LogP contribution in [0.4, 0.5) is 0 Å². The Morgan fingerprint density at radius 3 is 1.61 bits per heavy atom. The van der Waals surface area contributed by atoms with Crippen LogP contribution in [0, 0.1) is 0 Å². The van der Waals surface area contributed by atoms with Crippen LogP contribution < -0.4 is 9.47 Å². The molecule has 0 radical (unpaired) electrons. The fraction of sp³-hybridized carbons (Fsp3) is 0.500. The van der Waals surface area contributed by atoms with Gasteiger partial charge in [0.15, 0.2) is 13.2 Å². The van der Waals surface area contributed by atoms with Crippen molar-refractivity contribution in [1.29, 1.82) is 0 Å².